The fraction of sp³-hybridized carbons (Fsp3) is 0.0769. The Kier molecular flexibility index (Phi) is 5.80. The molecule has 1 aliphatic heterocycles. The van der Waals surface area contributed by atoms with Gasteiger partial charge in [0.25, 0.3) is 5.91 Å². The summed E-state index contributed by atoms with van der Waals surface area (Å²) in [6, 6.07) is 20.2. The van der Waals surface area contributed by atoms with Gasteiger partial charge in [-0.1, -0.05) is 41.9 Å². The first-order valence-corrected chi connectivity index (χ1v) is 11.1. The molecule has 1 aliphatic rings. The molecule has 0 aliphatic carbocycles. The average Bonchev–Trinajstić information content (AvgIpc) is 2.85. The predicted octanol–water partition coefficient (Wildman–Crippen LogP) is 4.44. The molecule has 0 saturated heterocycles. The number of hydrogen-bond donors (Lipinski definition) is 2. The van der Waals surface area contributed by atoms with Crippen LogP contribution in [0, 0.1) is 0 Å². The van der Waals surface area contributed by atoms with Crippen LogP contribution in [0.3, 0.4) is 0 Å². The molecule has 0 saturated carbocycles. The van der Waals surface area contributed by atoms with E-state index in [1.54, 1.807) is 72.8 Å². The predicted molar refractivity (Wildman–Crippen MR) is 133 cm³/mol. The smallest absolute Gasteiger partial charge is 0.349 e. The highest BCUT2D eigenvalue weighted by molar-refractivity contribution is 6.30. The Morgan fingerprint density at radius 2 is 1.69 bits per heavy atom. The summed E-state index contributed by atoms with van der Waals surface area (Å²) in [5.41, 5.74) is 0.519. The standard InChI is InChI=1S/C26H18ClN3O5/c27-16-9-11-17(12-10-16)28-23(31)14-21-24(32)29-19-6-2-3-7-20(19)30(21)25(33)18-13-15-5-1-4-8-22(15)35-26(18)34/h1-13,21H,14H2,(H,28,31)(H,29,32)/t21-/m0/s1. The molecule has 5 rings (SSSR count). The topological polar surface area (TPSA) is 109 Å². The number of amides is 3. The van der Waals surface area contributed by atoms with E-state index in [4.69, 9.17) is 16.0 Å². The summed E-state index contributed by atoms with van der Waals surface area (Å²) in [6.07, 6.45) is -0.340. The van der Waals surface area contributed by atoms with Crippen LogP contribution in [-0.2, 0) is 9.59 Å². The zero-order valence-electron chi connectivity index (χ0n) is 18.2. The molecule has 9 heteroatoms. The van der Waals surface area contributed by atoms with E-state index in [-0.39, 0.29) is 12.0 Å². The third kappa shape index (κ3) is 4.39. The zero-order chi connectivity index (χ0) is 24.5. The van der Waals surface area contributed by atoms with Crippen molar-refractivity contribution in [3.8, 4) is 0 Å². The highest BCUT2D eigenvalue weighted by Gasteiger charge is 2.39. The van der Waals surface area contributed by atoms with E-state index in [0.717, 1.165) is 0 Å². The molecule has 0 spiro atoms. The van der Waals surface area contributed by atoms with Crippen molar-refractivity contribution in [1.82, 2.24) is 0 Å². The van der Waals surface area contributed by atoms with Gasteiger partial charge in [0, 0.05) is 16.1 Å². The molecule has 8 nitrogen and oxygen atoms in total. The number of fused-ring (bicyclic) bond motifs is 2. The number of benzene rings is 3. The molecule has 0 unspecified atom stereocenters. The molecule has 174 valence electrons. The number of carbonyl (C=O) groups excluding carboxylic acids is 3. The van der Waals surface area contributed by atoms with Crippen LogP contribution in [0.2, 0.25) is 5.02 Å². The maximum absolute atomic E-state index is 13.7. The third-order valence-corrected chi connectivity index (χ3v) is 5.89. The van der Waals surface area contributed by atoms with Crippen molar-refractivity contribution in [2.24, 2.45) is 0 Å². The van der Waals surface area contributed by atoms with E-state index in [1.807, 2.05) is 0 Å². The van der Waals surface area contributed by atoms with Crippen LogP contribution in [0.15, 0.2) is 88.1 Å². The summed E-state index contributed by atoms with van der Waals surface area (Å²) in [6.45, 7) is 0. The molecule has 0 radical (unpaired) electrons. The third-order valence-electron chi connectivity index (χ3n) is 5.63. The zero-order valence-corrected chi connectivity index (χ0v) is 18.9. The lowest BCUT2D eigenvalue weighted by Crippen LogP contribution is -2.53. The Morgan fingerprint density at radius 3 is 2.49 bits per heavy atom. The van der Waals surface area contributed by atoms with Gasteiger partial charge in [0.05, 0.1) is 17.8 Å². The van der Waals surface area contributed by atoms with Crippen molar-refractivity contribution in [1.29, 1.82) is 0 Å². The van der Waals surface area contributed by atoms with Gasteiger partial charge in [0.1, 0.15) is 17.2 Å². The van der Waals surface area contributed by atoms with Gasteiger partial charge < -0.3 is 15.1 Å². The quantitative estimate of drug-likeness (QED) is 0.413. The minimum absolute atomic E-state index is 0.240. The van der Waals surface area contributed by atoms with E-state index in [1.165, 1.54) is 11.0 Å². The van der Waals surface area contributed by atoms with Crippen LogP contribution < -0.4 is 21.2 Å². The monoisotopic (exact) mass is 487 g/mol. The first-order valence-electron chi connectivity index (χ1n) is 10.7. The Balaban J connectivity index is 1.52. The van der Waals surface area contributed by atoms with Crippen molar-refractivity contribution in [3.63, 3.8) is 0 Å². The minimum Gasteiger partial charge on any atom is -0.422 e. The molecule has 2 N–H and O–H groups in total. The molecule has 1 atom stereocenters. The first kappa shape index (κ1) is 22.4. The highest BCUT2D eigenvalue weighted by atomic mass is 35.5. The SMILES string of the molecule is O=C(C[C@H]1C(=O)Nc2ccccc2N1C(=O)c1cc2ccccc2oc1=O)Nc1ccc(Cl)cc1. The number of anilines is 3. The molecule has 2 heterocycles. The van der Waals surface area contributed by atoms with Crippen LogP contribution in [0.5, 0.6) is 0 Å². The number of rotatable bonds is 4. The number of para-hydroxylation sites is 3. The average molecular weight is 488 g/mol. The van der Waals surface area contributed by atoms with E-state index < -0.39 is 29.4 Å². The van der Waals surface area contributed by atoms with Gasteiger partial charge in [-0.2, -0.15) is 0 Å². The van der Waals surface area contributed by atoms with Gasteiger partial charge in [0.2, 0.25) is 11.8 Å². The molecule has 3 aromatic carbocycles. The Morgan fingerprint density at radius 1 is 0.971 bits per heavy atom. The van der Waals surface area contributed by atoms with Gasteiger partial charge >= 0.3 is 5.63 Å². The largest absolute Gasteiger partial charge is 0.422 e. The first-order chi connectivity index (χ1) is 16.9. The molecular formula is C26H18ClN3O5. The van der Waals surface area contributed by atoms with Crippen LogP contribution in [-0.4, -0.2) is 23.8 Å². The number of nitrogens with one attached hydrogen (secondary N) is 2. The second-order valence-corrected chi connectivity index (χ2v) is 8.38. The molecule has 4 aromatic rings. The molecule has 3 amide bonds. The van der Waals surface area contributed by atoms with Crippen LogP contribution in [0.1, 0.15) is 16.8 Å². The van der Waals surface area contributed by atoms with Crippen LogP contribution >= 0.6 is 11.6 Å². The molecular weight excluding hydrogens is 470 g/mol. The van der Waals surface area contributed by atoms with Gasteiger partial charge in [0.15, 0.2) is 0 Å². The van der Waals surface area contributed by atoms with Crippen LogP contribution in [0.4, 0.5) is 17.1 Å². The van der Waals surface area contributed by atoms with E-state index in [0.29, 0.717) is 33.1 Å². The fourth-order valence-corrected chi connectivity index (χ4v) is 4.11. The van der Waals surface area contributed by atoms with E-state index in [9.17, 15) is 19.2 Å². The lowest BCUT2D eigenvalue weighted by atomic mass is 10.0. The van der Waals surface area contributed by atoms with Gasteiger partial charge in [-0.05, 0) is 48.5 Å². The van der Waals surface area contributed by atoms with Gasteiger partial charge in [-0.3, -0.25) is 19.3 Å². The summed E-state index contributed by atoms with van der Waals surface area (Å²) in [5.74, 6) is -1.78. The molecule has 1 aromatic heterocycles. The Bertz CT molecular complexity index is 1530. The minimum atomic E-state index is -1.20. The lowest BCUT2D eigenvalue weighted by molar-refractivity contribution is -0.122. The number of halogens is 1. The number of hydrogen-bond acceptors (Lipinski definition) is 5. The fourth-order valence-electron chi connectivity index (χ4n) is 3.99. The number of nitrogens with zero attached hydrogens (tertiary/aromatic N) is 1. The summed E-state index contributed by atoms with van der Waals surface area (Å²) >= 11 is 5.89. The van der Waals surface area contributed by atoms with Crippen molar-refractivity contribution >= 4 is 57.4 Å². The van der Waals surface area contributed by atoms with Gasteiger partial charge in [-0.15, -0.1) is 0 Å². The molecule has 0 fully saturated rings. The normalized spacial score (nSPS) is 14.8. The summed E-state index contributed by atoms with van der Waals surface area (Å²) in [7, 11) is 0. The molecule has 35 heavy (non-hydrogen) atoms. The molecule has 0 bridgehead atoms. The highest BCUT2D eigenvalue weighted by Crippen LogP contribution is 2.34. The van der Waals surface area contributed by atoms with Crippen LogP contribution in [0.25, 0.3) is 11.0 Å². The lowest BCUT2D eigenvalue weighted by Gasteiger charge is -2.36. The van der Waals surface area contributed by atoms with Crippen molar-refractivity contribution < 1.29 is 18.8 Å². The summed E-state index contributed by atoms with van der Waals surface area (Å²) < 4.78 is 5.33. The Labute approximate surface area is 204 Å². The number of carbonyl (C=O) groups is 3. The maximum atomic E-state index is 13.7. The second kappa shape index (κ2) is 9.08. The maximum Gasteiger partial charge on any atom is 0.349 e. The van der Waals surface area contributed by atoms with E-state index >= 15 is 0 Å². The van der Waals surface area contributed by atoms with Crippen molar-refractivity contribution in [3.05, 3.63) is 99.9 Å². The van der Waals surface area contributed by atoms with Crippen molar-refractivity contribution in [2.45, 2.75) is 12.5 Å². The van der Waals surface area contributed by atoms with Gasteiger partial charge in [-0.25, -0.2) is 4.79 Å². The van der Waals surface area contributed by atoms with E-state index in [2.05, 4.69) is 10.6 Å². The summed E-state index contributed by atoms with van der Waals surface area (Å²) in [4.78, 5) is 53.4. The second-order valence-electron chi connectivity index (χ2n) is 7.94. The summed E-state index contributed by atoms with van der Waals surface area (Å²) in [5, 5.41) is 6.50. The van der Waals surface area contributed by atoms with Crippen molar-refractivity contribution in [2.75, 3.05) is 15.5 Å². The Hall–Kier alpha value is -4.43.